The highest BCUT2D eigenvalue weighted by Crippen LogP contribution is 2.40. The molecule has 0 radical (unpaired) electrons. The summed E-state index contributed by atoms with van der Waals surface area (Å²) in [6.07, 6.45) is 14.7. The van der Waals surface area contributed by atoms with Crippen molar-refractivity contribution in [2.75, 3.05) is 23.7 Å². The van der Waals surface area contributed by atoms with Crippen LogP contribution in [0.15, 0.2) is 181 Å². The molecule has 13 nitrogen and oxygen atoms in total. The van der Waals surface area contributed by atoms with Crippen LogP contribution in [0.25, 0.3) is 39.1 Å². The molecule has 3 aliphatic rings. The molecule has 8 aromatic rings. The summed E-state index contributed by atoms with van der Waals surface area (Å²) < 4.78 is 22.5. The van der Waals surface area contributed by atoms with Crippen molar-refractivity contribution in [3.63, 3.8) is 0 Å². The standard InChI is InChI=1S/C29H28N4O3.C20H14BrN3O.C11H19BO2/c1-29(2,3)36-28(35)32-16-14-22(18-32)24-17-26(33-19-30-15-13-25(24)33)20-9-11-21(12-10-20)27(34)31-23-7-5-4-6-8-23;21-17-12-19(24-13-22-11-10-18(17)24)14-6-8-15(9-7-14)20(25)23-16-4-2-1-3-5-16;1-10(2)11(3,4)14-12(13-10)9-7-5-6-8-9/h4-15,17,19H,16,18H2,1-3H3,(H,31,34);1-13H,(H,23,25);7H,5-6,8H2,1-4H3. The summed E-state index contributed by atoms with van der Waals surface area (Å²) in [5.74, 6) is -0.283. The van der Waals surface area contributed by atoms with Crippen molar-refractivity contribution in [2.24, 2.45) is 0 Å². The van der Waals surface area contributed by atoms with Gasteiger partial charge in [-0.2, -0.15) is 0 Å². The minimum absolute atomic E-state index is 0.0949. The summed E-state index contributed by atoms with van der Waals surface area (Å²) in [6, 6.07) is 42.0. The number of carbonyl (C=O) groups excluding carboxylic acids is 3. The van der Waals surface area contributed by atoms with Gasteiger partial charge in [0.15, 0.2) is 0 Å². The first-order valence-electron chi connectivity index (χ1n) is 25.1. The molecule has 0 saturated carbocycles. The Bertz CT molecular complexity index is 3380. The number of nitrogens with zero attached hydrogens (tertiary/aromatic N) is 5. The van der Waals surface area contributed by atoms with Crippen LogP contribution in [0.4, 0.5) is 16.2 Å². The number of nitrogens with one attached hydrogen (secondary N) is 2. The maximum Gasteiger partial charge on any atom is 0.490 e. The molecule has 15 heteroatoms. The zero-order valence-electron chi connectivity index (χ0n) is 43.3. The van der Waals surface area contributed by atoms with Crippen LogP contribution in [-0.4, -0.2) is 78.6 Å². The van der Waals surface area contributed by atoms with Gasteiger partial charge in [-0.15, -0.1) is 0 Å². The second kappa shape index (κ2) is 22.1. The normalized spacial score (nSPS) is 15.6. The van der Waals surface area contributed by atoms with E-state index in [9.17, 15) is 14.4 Å². The molecule has 2 N–H and O–H groups in total. The van der Waals surface area contributed by atoms with E-state index in [1.54, 1.807) is 29.9 Å². The third-order valence-corrected chi connectivity index (χ3v) is 14.2. The van der Waals surface area contributed by atoms with Crippen LogP contribution in [0, 0.1) is 0 Å². The number of allylic oxidation sites excluding steroid dienone is 2. The molecule has 4 aromatic carbocycles. The van der Waals surface area contributed by atoms with Gasteiger partial charge in [0.2, 0.25) is 0 Å². The summed E-state index contributed by atoms with van der Waals surface area (Å²) in [5.41, 5.74) is 11.3. The molecule has 0 spiro atoms. The van der Waals surface area contributed by atoms with Gasteiger partial charge in [-0.1, -0.05) is 72.8 Å². The fourth-order valence-corrected chi connectivity index (χ4v) is 9.46. The Hall–Kier alpha value is -7.59. The van der Waals surface area contributed by atoms with E-state index in [-0.39, 0.29) is 36.2 Å². The van der Waals surface area contributed by atoms with Crippen LogP contribution in [-0.2, 0) is 14.0 Å². The molecule has 75 heavy (non-hydrogen) atoms. The zero-order valence-corrected chi connectivity index (χ0v) is 44.9. The van der Waals surface area contributed by atoms with E-state index in [1.807, 2.05) is 151 Å². The molecule has 0 bridgehead atoms. The Balaban J connectivity index is 0.000000152. The molecule has 4 aromatic heterocycles. The van der Waals surface area contributed by atoms with Crippen LogP contribution in [0.2, 0.25) is 0 Å². The van der Waals surface area contributed by atoms with Crippen molar-refractivity contribution in [3.8, 4) is 22.5 Å². The van der Waals surface area contributed by atoms with Crippen LogP contribution in [0.1, 0.15) is 94.0 Å². The minimum Gasteiger partial charge on any atom is -0.444 e. The number of hydrogen-bond acceptors (Lipinski definition) is 8. The smallest absolute Gasteiger partial charge is 0.444 e. The third-order valence-electron chi connectivity index (χ3n) is 13.6. The first-order chi connectivity index (χ1) is 35.9. The fourth-order valence-electron chi connectivity index (χ4n) is 8.92. The Morgan fingerprint density at radius 2 is 1.17 bits per heavy atom. The van der Waals surface area contributed by atoms with Gasteiger partial charge in [-0.25, -0.2) is 14.8 Å². The number of aromatic nitrogens is 4. The molecule has 3 amide bonds. The SMILES string of the molecule is CC(C)(C)OC(=O)N1CC=C(c2cc(-c3ccc(C(=O)Nc4ccccc4)cc3)n3cnccc23)C1.CC1(C)OB(C2=CCCC2)OC1(C)C.O=C(Nc1ccccc1)c1ccc(-c2cc(Br)c3ccncn23)cc1. The van der Waals surface area contributed by atoms with Crippen LogP contribution < -0.4 is 10.6 Å². The number of benzene rings is 4. The number of halogens is 1. The molecule has 11 rings (SSSR count). The summed E-state index contributed by atoms with van der Waals surface area (Å²) in [6.45, 7) is 15.0. The lowest BCUT2D eigenvalue weighted by Crippen LogP contribution is -2.41. The second-order valence-corrected chi connectivity index (χ2v) is 21.5. The molecule has 382 valence electrons. The topological polar surface area (TPSA) is 141 Å². The average Bonchev–Trinajstić information content (AvgIpc) is 4.27. The van der Waals surface area contributed by atoms with Crippen molar-refractivity contribution < 1.29 is 28.4 Å². The van der Waals surface area contributed by atoms with Crippen LogP contribution in [0.5, 0.6) is 0 Å². The maximum absolute atomic E-state index is 12.6. The monoisotopic (exact) mass is 1070 g/mol. The molecule has 1 fully saturated rings. The van der Waals surface area contributed by atoms with Crippen molar-refractivity contribution in [3.05, 3.63) is 197 Å². The van der Waals surface area contributed by atoms with Crippen LogP contribution >= 0.6 is 15.9 Å². The zero-order chi connectivity index (χ0) is 52.9. The Kier molecular flexibility index (Phi) is 15.4. The number of carbonyl (C=O) groups is 3. The van der Waals surface area contributed by atoms with Gasteiger partial charge < -0.3 is 29.6 Å². The summed E-state index contributed by atoms with van der Waals surface area (Å²) in [5, 5.41) is 5.80. The number of fused-ring (bicyclic) bond motifs is 2. The number of rotatable bonds is 8. The van der Waals surface area contributed by atoms with Crippen molar-refractivity contribution >= 4 is 68.9 Å². The average molecular weight is 1070 g/mol. The van der Waals surface area contributed by atoms with E-state index in [1.165, 1.54) is 18.3 Å². The molecular weight excluding hydrogens is 1010 g/mol. The van der Waals surface area contributed by atoms with E-state index >= 15 is 0 Å². The lowest BCUT2D eigenvalue weighted by molar-refractivity contribution is 0.00578. The molecule has 2 aliphatic heterocycles. The highest BCUT2D eigenvalue weighted by molar-refractivity contribution is 9.10. The maximum atomic E-state index is 12.6. The van der Waals surface area contributed by atoms with Crippen molar-refractivity contribution in [1.82, 2.24) is 23.7 Å². The lowest BCUT2D eigenvalue weighted by atomic mass is 9.78. The van der Waals surface area contributed by atoms with E-state index in [0.717, 1.165) is 67.0 Å². The molecule has 0 atom stereocenters. The molecule has 0 unspecified atom stereocenters. The minimum atomic E-state index is -0.536. The quantitative estimate of drug-likeness (QED) is 0.143. The summed E-state index contributed by atoms with van der Waals surface area (Å²) in [4.78, 5) is 47.7. The van der Waals surface area contributed by atoms with Gasteiger partial charge in [0.25, 0.3) is 11.8 Å². The summed E-state index contributed by atoms with van der Waals surface area (Å²) >= 11 is 3.58. The van der Waals surface area contributed by atoms with Gasteiger partial charge in [-0.05, 0) is 179 Å². The predicted molar refractivity (Wildman–Crippen MR) is 302 cm³/mol. The van der Waals surface area contributed by atoms with E-state index in [4.69, 9.17) is 14.0 Å². The predicted octanol–water partition coefficient (Wildman–Crippen LogP) is 13.6. The fraction of sp³-hybridized carbons (Fsp3) is 0.250. The number of hydrogen-bond donors (Lipinski definition) is 2. The second-order valence-electron chi connectivity index (χ2n) is 20.6. The highest BCUT2D eigenvalue weighted by Gasteiger charge is 2.52. The number of anilines is 2. The Morgan fingerprint density at radius 1 is 0.667 bits per heavy atom. The number of para-hydroxylation sites is 2. The molecule has 1 saturated heterocycles. The molecular formula is C60H61BBrN7O6. The number of amides is 3. The van der Waals surface area contributed by atoms with Gasteiger partial charge in [0.05, 0.1) is 46.3 Å². The highest BCUT2D eigenvalue weighted by atomic mass is 79.9. The van der Waals surface area contributed by atoms with E-state index < -0.39 is 5.60 Å². The molecule has 1 aliphatic carbocycles. The largest absolute Gasteiger partial charge is 0.490 e. The van der Waals surface area contributed by atoms with Crippen molar-refractivity contribution in [2.45, 2.75) is 84.5 Å². The van der Waals surface area contributed by atoms with E-state index in [2.05, 4.69) is 88.5 Å². The van der Waals surface area contributed by atoms with Crippen molar-refractivity contribution in [1.29, 1.82) is 0 Å². The first-order valence-corrected chi connectivity index (χ1v) is 25.9. The summed E-state index contributed by atoms with van der Waals surface area (Å²) in [7, 11) is -0.0949. The van der Waals surface area contributed by atoms with E-state index in [0.29, 0.717) is 24.2 Å². The third kappa shape index (κ3) is 12.2. The molecule has 6 heterocycles. The van der Waals surface area contributed by atoms with Crippen LogP contribution in [0.3, 0.4) is 0 Å². The van der Waals surface area contributed by atoms with Gasteiger partial charge in [0, 0.05) is 58.0 Å². The Morgan fingerprint density at radius 3 is 1.68 bits per heavy atom. The lowest BCUT2D eigenvalue weighted by Gasteiger charge is -2.32. The van der Waals surface area contributed by atoms with Gasteiger partial charge in [0.1, 0.15) is 5.60 Å². The number of ether oxygens (including phenoxy) is 1. The van der Waals surface area contributed by atoms with Gasteiger partial charge >= 0.3 is 13.2 Å². The Labute approximate surface area is 446 Å². The first kappa shape index (κ1) is 52.3. The van der Waals surface area contributed by atoms with Gasteiger partial charge in [-0.3, -0.25) is 18.4 Å².